The molecule has 27 heavy (non-hydrogen) atoms. The molecule has 1 amide bonds. The summed E-state index contributed by atoms with van der Waals surface area (Å²) in [5.74, 6) is -0.148. The number of aryl methyl sites for hydroxylation is 1. The quantitative estimate of drug-likeness (QED) is 0.763. The first kappa shape index (κ1) is 23.4. The number of nitrogens with one attached hydrogen (secondary N) is 1. The van der Waals surface area contributed by atoms with Crippen molar-refractivity contribution in [1.29, 1.82) is 0 Å². The van der Waals surface area contributed by atoms with Gasteiger partial charge in [-0.1, -0.05) is 54.1 Å². The molecule has 0 saturated carbocycles. The van der Waals surface area contributed by atoms with Crippen LogP contribution < -0.4 is 11.1 Å². The molecular weight excluding hydrogens is 381 g/mol. The van der Waals surface area contributed by atoms with Gasteiger partial charge in [0, 0.05) is 13.1 Å². The fourth-order valence-electron chi connectivity index (χ4n) is 3.19. The van der Waals surface area contributed by atoms with Gasteiger partial charge in [-0.05, 0) is 49.5 Å². The summed E-state index contributed by atoms with van der Waals surface area (Å²) in [4.78, 5) is 14.7. The zero-order chi connectivity index (χ0) is 17.6. The van der Waals surface area contributed by atoms with Crippen LogP contribution in [-0.2, 0) is 17.9 Å². The van der Waals surface area contributed by atoms with Crippen molar-refractivity contribution in [2.75, 3.05) is 13.1 Å². The van der Waals surface area contributed by atoms with E-state index in [1.165, 1.54) is 31.5 Å². The molecule has 0 aliphatic carbocycles. The Labute approximate surface area is 174 Å². The summed E-state index contributed by atoms with van der Waals surface area (Å²) in [6, 6.07) is 15.6. The number of amides is 1. The summed E-state index contributed by atoms with van der Waals surface area (Å²) >= 11 is 0. The molecule has 1 aliphatic heterocycles. The van der Waals surface area contributed by atoms with Gasteiger partial charge in [-0.2, -0.15) is 0 Å². The van der Waals surface area contributed by atoms with E-state index >= 15 is 0 Å². The lowest BCUT2D eigenvalue weighted by molar-refractivity contribution is -0.122. The number of carbonyl (C=O) groups excluding carboxylic acids is 1. The van der Waals surface area contributed by atoms with Crippen molar-refractivity contribution in [2.24, 2.45) is 5.73 Å². The van der Waals surface area contributed by atoms with Gasteiger partial charge < -0.3 is 11.1 Å². The molecule has 0 spiro atoms. The Hall–Kier alpha value is -1.59. The standard InChI is InChI=1S/C21H27N3O.2ClH/c1-16-4-10-19(11-5-16)20(22)21(25)23-14-17-6-8-18(9-7-17)15-24-12-2-3-13-24;;/h4-11,20H,2-3,12-15,22H2,1H3,(H,23,25);2*1H. The molecule has 1 heterocycles. The number of hydrogen-bond acceptors (Lipinski definition) is 3. The molecule has 0 aromatic heterocycles. The highest BCUT2D eigenvalue weighted by Gasteiger charge is 2.15. The molecule has 3 N–H and O–H groups in total. The van der Waals surface area contributed by atoms with Crippen LogP contribution in [0.15, 0.2) is 48.5 Å². The zero-order valence-corrected chi connectivity index (χ0v) is 17.3. The lowest BCUT2D eigenvalue weighted by Gasteiger charge is -2.15. The van der Waals surface area contributed by atoms with Crippen molar-refractivity contribution >= 4 is 30.7 Å². The predicted molar refractivity (Wildman–Crippen MR) is 115 cm³/mol. The molecule has 2 aromatic rings. The second-order valence-electron chi connectivity index (χ2n) is 6.91. The topological polar surface area (TPSA) is 58.4 Å². The van der Waals surface area contributed by atoms with Gasteiger partial charge in [-0.15, -0.1) is 24.8 Å². The monoisotopic (exact) mass is 409 g/mol. The number of hydrogen-bond donors (Lipinski definition) is 2. The van der Waals surface area contributed by atoms with Gasteiger partial charge in [0.2, 0.25) is 5.91 Å². The SMILES string of the molecule is Cc1ccc(C(N)C(=O)NCc2ccc(CN3CCCC3)cc2)cc1.Cl.Cl. The molecule has 148 valence electrons. The molecule has 1 aliphatic rings. The van der Waals surface area contributed by atoms with Gasteiger partial charge in [0.25, 0.3) is 0 Å². The number of halogens is 2. The van der Waals surface area contributed by atoms with Crippen molar-refractivity contribution in [1.82, 2.24) is 10.2 Å². The van der Waals surface area contributed by atoms with Gasteiger partial charge >= 0.3 is 0 Å². The number of likely N-dealkylation sites (tertiary alicyclic amines) is 1. The average Bonchev–Trinajstić information content (AvgIpc) is 3.14. The highest BCUT2D eigenvalue weighted by molar-refractivity contribution is 5.85. The Balaban J connectivity index is 0.00000182. The van der Waals surface area contributed by atoms with Crippen LogP contribution in [0.4, 0.5) is 0 Å². The van der Waals surface area contributed by atoms with Gasteiger partial charge in [0.05, 0.1) is 0 Å². The summed E-state index contributed by atoms with van der Waals surface area (Å²) in [5.41, 5.74) is 10.5. The van der Waals surface area contributed by atoms with Gasteiger partial charge in [-0.3, -0.25) is 9.69 Å². The Kier molecular flexibility index (Phi) is 9.81. The normalized spacial score (nSPS) is 14.7. The maximum absolute atomic E-state index is 12.3. The molecule has 0 bridgehead atoms. The lowest BCUT2D eigenvalue weighted by Crippen LogP contribution is -2.33. The van der Waals surface area contributed by atoms with Gasteiger partial charge in [0.15, 0.2) is 0 Å². The molecule has 4 nitrogen and oxygen atoms in total. The smallest absolute Gasteiger partial charge is 0.241 e. The minimum absolute atomic E-state index is 0. The maximum atomic E-state index is 12.3. The van der Waals surface area contributed by atoms with E-state index in [0.29, 0.717) is 6.54 Å². The van der Waals surface area contributed by atoms with E-state index in [1.54, 1.807) is 0 Å². The van der Waals surface area contributed by atoms with Crippen LogP contribution in [0.3, 0.4) is 0 Å². The molecule has 3 rings (SSSR count). The predicted octanol–water partition coefficient (Wildman–Crippen LogP) is 3.75. The average molecular weight is 410 g/mol. The number of carbonyl (C=O) groups is 1. The Morgan fingerprint density at radius 1 is 1.00 bits per heavy atom. The van der Waals surface area contributed by atoms with Gasteiger partial charge in [0.1, 0.15) is 6.04 Å². The second-order valence-corrected chi connectivity index (χ2v) is 6.91. The molecule has 2 aromatic carbocycles. The van der Waals surface area contributed by atoms with E-state index in [-0.39, 0.29) is 30.7 Å². The fourth-order valence-corrected chi connectivity index (χ4v) is 3.19. The largest absolute Gasteiger partial charge is 0.350 e. The lowest BCUT2D eigenvalue weighted by atomic mass is 10.1. The zero-order valence-electron chi connectivity index (χ0n) is 15.7. The molecule has 0 radical (unpaired) electrons. The van der Waals surface area contributed by atoms with Crippen LogP contribution in [-0.4, -0.2) is 23.9 Å². The van der Waals surface area contributed by atoms with Crippen molar-refractivity contribution in [2.45, 2.75) is 38.9 Å². The Bertz CT molecular complexity index is 698. The van der Waals surface area contributed by atoms with Crippen LogP contribution in [0.1, 0.15) is 41.1 Å². The third-order valence-electron chi connectivity index (χ3n) is 4.81. The van der Waals surface area contributed by atoms with E-state index in [4.69, 9.17) is 5.73 Å². The summed E-state index contributed by atoms with van der Waals surface area (Å²) in [6.07, 6.45) is 2.62. The molecule has 1 atom stereocenters. The molecule has 6 heteroatoms. The first-order valence-corrected chi connectivity index (χ1v) is 9.02. The van der Waals surface area contributed by atoms with Crippen LogP contribution in [0, 0.1) is 6.92 Å². The van der Waals surface area contributed by atoms with E-state index in [1.807, 2.05) is 31.2 Å². The van der Waals surface area contributed by atoms with E-state index < -0.39 is 6.04 Å². The number of rotatable bonds is 6. The summed E-state index contributed by atoms with van der Waals surface area (Å²) in [7, 11) is 0. The highest BCUT2D eigenvalue weighted by atomic mass is 35.5. The summed E-state index contributed by atoms with van der Waals surface area (Å²) < 4.78 is 0. The number of nitrogens with zero attached hydrogens (tertiary/aromatic N) is 1. The molecular formula is C21H29Cl2N3O. The van der Waals surface area contributed by atoms with Gasteiger partial charge in [-0.25, -0.2) is 0 Å². The summed E-state index contributed by atoms with van der Waals surface area (Å²) in [6.45, 7) is 5.94. The van der Waals surface area contributed by atoms with Crippen LogP contribution in [0.5, 0.6) is 0 Å². The van der Waals surface area contributed by atoms with E-state index in [2.05, 4.69) is 34.5 Å². The maximum Gasteiger partial charge on any atom is 0.241 e. The van der Waals surface area contributed by atoms with Crippen molar-refractivity contribution in [3.63, 3.8) is 0 Å². The number of benzene rings is 2. The van der Waals surface area contributed by atoms with Crippen molar-refractivity contribution in [3.05, 3.63) is 70.8 Å². The van der Waals surface area contributed by atoms with Crippen LogP contribution in [0.2, 0.25) is 0 Å². The van der Waals surface area contributed by atoms with Crippen LogP contribution >= 0.6 is 24.8 Å². The minimum atomic E-state index is -0.630. The molecule has 1 fully saturated rings. The number of nitrogens with two attached hydrogens (primary N) is 1. The third-order valence-corrected chi connectivity index (χ3v) is 4.81. The second kappa shape index (κ2) is 11.3. The van der Waals surface area contributed by atoms with E-state index in [9.17, 15) is 4.79 Å². The Morgan fingerprint density at radius 3 is 2.15 bits per heavy atom. The fraction of sp³-hybridized carbons (Fsp3) is 0.381. The Morgan fingerprint density at radius 2 is 1.56 bits per heavy atom. The van der Waals surface area contributed by atoms with Crippen molar-refractivity contribution < 1.29 is 4.79 Å². The first-order valence-electron chi connectivity index (χ1n) is 9.02. The van der Waals surface area contributed by atoms with Crippen LogP contribution in [0.25, 0.3) is 0 Å². The highest BCUT2D eigenvalue weighted by Crippen LogP contribution is 2.14. The third kappa shape index (κ3) is 6.82. The van der Waals surface area contributed by atoms with E-state index in [0.717, 1.165) is 23.2 Å². The summed E-state index contributed by atoms with van der Waals surface area (Å²) in [5, 5.41) is 2.93. The first-order chi connectivity index (χ1) is 12.1. The minimum Gasteiger partial charge on any atom is -0.350 e. The molecule has 1 saturated heterocycles. The van der Waals surface area contributed by atoms with Crippen molar-refractivity contribution in [3.8, 4) is 0 Å². The molecule has 1 unspecified atom stereocenters.